The van der Waals surface area contributed by atoms with Gasteiger partial charge in [-0.15, -0.1) is 0 Å². The lowest BCUT2D eigenvalue weighted by Gasteiger charge is -2.32. The van der Waals surface area contributed by atoms with Gasteiger partial charge in [-0.2, -0.15) is 0 Å². The molecule has 40 heavy (non-hydrogen) atoms. The van der Waals surface area contributed by atoms with Crippen molar-refractivity contribution in [2.24, 2.45) is 0 Å². The topological polar surface area (TPSA) is 77.1 Å². The number of hydrogen-bond donors (Lipinski definition) is 1. The standard InChI is InChI=1S/C32H29ClN2O5/c1-38-27-14-9-23(10-15-27)20-35(30(36)18-22-7-12-26(33)13-8-22)31(25-5-3-2-4-6-25)32(37)34-19-24-11-16-28-29(17-24)40-21-39-28/h2-17,31H,18-21H2,1H3,(H,34,37)/t31-/m0/s1. The smallest absolute Gasteiger partial charge is 0.247 e. The number of nitrogens with zero attached hydrogens (tertiary/aromatic N) is 1. The summed E-state index contributed by atoms with van der Waals surface area (Å²) in [6.45, 7) is 0.672. The van der Waals surface area contributed by atoms with Gasteiger partial charge in [-0.25, -0.2) is 0 Å². The summed E-state index contributed by atoms with van der Waals surface area (Å²) in [5, 5.41) is 3.63. The van der Waals surface area contributed by atoms with Crippen LogP contribution in [0.3, 0.4) is 0 Å². The molecule has 0 radical (unpaired) electrons. The average molecular weight is 557 g/mol. The van der Waals surface area contributed by atoms with Crippen LogP contribution in [-0.4, -0.2) is 30.6 Å². The van der Waals surface area contributed by atoms with Crippen LogP contribution in [0.4, 0.5) is 0 Å². The van der Waals surface area contributed by atoms with Crippen molar-refractivity contribution >= 4 is 23.4 Å². The maximum atomic E-state index is 13.9. The predicted molar refractivity (Wildman–Crippen MR) is 152 cm³/mol. The number of carbonyl (C=O) groups is 2. The molecule has 2 amide bonds. The van der Waals surface area contributed by atoms with Crippen LogP contribution in [-0.2, 0) is 29.1 Å². The van der Waals surface area contributed by atoms with Crippen molar-refractivity contribution in [3.05, 3.63) is 124 Å². The van der Waals surface area contributed by atoms with Crippen LogP contribution in [0, 0.1) is 0 Å². The Morgan fingerprint density at radius 2 is 1.55 bits per heavy atom. The van der Waals surface area contributed by atoms with E-state index in [9.17, 15) is 9.59 Å². The van der Waals surface area contributed by atoms with Crippen molar-refractivity contribution in [3.8, 4) is 17.2 Å². The molecule has 0 spiro atoms. The SMILES string of the molecule is COc1ccc(CN(C(=O)Cc2ccc(Cl)cc2)[C@H](C(=O)NCc2ccc3c(c2)OCO3)c2ccccc2)cc1. The van der Waals surface area contributed by atoms with E-state index in [-0.39, 0.29) is 38.1 Å². The average Bonchev–Trinajstić information content (AvgIpc) is 3.46. The first-order valence-electron chi connectivity index (χ1n) is 12.9. The summed E-state index contributed by atoms with van der Waals surface area (Å²) in [7, 11) is 1.60. The van der Waals surface area contributed by atoms with Gasteiger partial charge >= 0.3 is 0 Å². The van der Waals surface area contributed by atoms with Gasteiger partial charge in [0.05, 0.1) is 13.5 Å². The van der Waals surface area contributed by atoms with E-state index >= 15 is 0 Å². The Morgan fingerprint density at radius 3 is 2.27 bits per heavy atom. The molecule has 8 heteroatoms. The van der Waals surface area contributed by atoms with E-state index in [4.69, 9.17) is 25.8 Å². The maximum absolute atomic E-state index is 13.9. The maximum Gasteiger partial charge on any atom is 0.247 e. The molecular formula is C32H29ClN2O5. The van der Waals surface area contributed by atoms with Crippen molar-refractivity contribution in [1.82, 2.24) is 10.2 Å². The third kappa shape index (κ3) is 6.55. The molecule has 0 aliphatic carbocycles. The highest BCUT2D eigenvalue weighted by Crippen LogP contribution is 2.32. The minimum absolute atomic E-state index is 0.117. The highest BCUT2D eigenvalue weighted by atomic mass is 35.5. The number of halogens is 1. The summed E-state index contributed by atoms with van der Waals surface area (Å²) in [4.78, 5) is 29.4. The van der Waals surface area contributed by atoms with Crippen LogP contribution >= 0.6 is 11.6 Å². The monoisotopic (exact) mass is 556 g/mol. The molecule has 7 nitrogen and oxygen atoms in total. The lowest BCUT2D eigenvalue weighted by Crippen LogP contribution is -2.43. The molecule has 0 saturated heterocycles. The molecule has 1 aliphatic heterocycles. The molecule has 0 bridgehead atoms. The first-order chi connectivity index (χ1) is 19.5. The normalized spacial score (nSPS) is 12.4. The van der Waals surface area contributed by atoms with Gasteiger partial charge in [-0.1, -0.05) is 72.3 Å². The number of nitrogens with one attached hydrogen (secondary N) is 1. The molecule has 1 N–H and O–H groups in total. The number of methoxy groups -OCH3 is 1. The molecule has 0 saturated carbocycles. The van der Waals surface area contributed by atoms with Crippen LogP contribution < -0.4 is 19.5 Å². The minimum atomic E-state index is -0.864. The summed E-state index contributed by atoms with van der Waals surface area (Å²) in [5.41, 5.74) is 3.25. The number of fused-ring (bicyclic) bond motifs is 1. The molecule has 204 valence electrons. The van der Waals surface area contributed by atoms with E-state index in [1.165, 1.54) is 0 Å². The van der Waals surface area contributed by atoms with Crippen LogP contribution in [0.2, 0.25) is 5.02 Å². The third-order valence-corrected chi connectivity index (χ3v) is 6.93. The Hall–Kier alpha value is -4.49. The number of hydrogen-bond acceptors (Lipinski definition) is 5. The Labute approximate surface area is 238 Å². The first kappa shape index (κ1) is 27.1. The number of carbonyl (C=O) groups excluding carboxylic acids is 2. The fraction of sp³-hybridized carbons (Fsp3) is 0.188. The van der Waals surface area contributed by atoms with Crippen molar-refractivity contribution in [2.45, 2.75) is 25.6 Å². The van der Waals surface area contributed by atoms with E-state index in [2.05, 4.69) is 5.32 Å². The quantitative estimate of drug-likeness (QED) is 0.271. The number of benzene rings is 4. The highest BCUT2D eigenvalue weighted by Gasteiger charge is 2.31. The van der Waals surface area contributed by atoms with Crippen LogP contribution in [0.15, 0.2) is 97.1 Å². The molecule has 1 atom stereocenters. The van der Waals surface area contributed by atoms with Gasteiger partial charge in [0.15, 0.2) is 11.5 Å². The van der Waals surface area contributed by atoms with E-state index in [1.54, 1.807) is 24.1 Å². The second-order valence-electron chi connectivity index (χ2n) is 9.39. The van der Waals surface area contributed by atoms with Crippen LogP contribution in [0.5, 0.6) is 17.2 Å². The van der Waals surface area contributed by atoms with E-state index in [1.807, 2.05) is 84.9 Å². The van der Waals surface area contributed by atoms with E-state index in [0.29, 0.717) is 27.8 Å². The second-order valence-corrected chi connectivity index (χ2v) is 9.83. The molecule has 4 aromatic rings. The first-order valence-corrected chi connectivity index (χ1v) is 13.3. The van der Waals surface area contributed by atoms with Gasteiger partial charge in [0.1, 0.15) is 11.8 Å². The zero-order valence-corrected chi connectivity index (χ0v) is 22.8. The van der Waals surface area contributed by atoms with Gasteiger partial charge < -0.3 is 24.4 Å². The fourth-order valence-corrected chi connectivity index (χ4v) is 4.70. The lowest BCUT2D eigenvalue weighted by atomic mass is 10.0. The highest BCUT2D eigenvalue weighted by molar-refractivity contribution is 6.30. The molecule has 0 fully saturated rings. The Bertz CT molecular complexity index is 1460. The number of amides is 2. The van der Waals surface area contributed by atoms with Gasteiger partial charge in [-0.05, 0) is 58.7 Å². The largest absolute Gasteiger partial charge is 0.497 e. The van der Waals surface area contributed by atoms with E-state index in [0.717, 1.165) is 16.7 Å². The lowest BCUT2D eigenvalue weighted by molar-refractivity contribution is -0.141. The van der Waals surface area contributed by atoms with Gasteiger partial charge in [0.25, 0.3) is 0 Å². The summed E-state index contributed by atoms with van der Waals surface area (Å²) < 4.78 is 16.2. The van der Waals surface area contributed by atoms with Crippen molar-refractivity contribution < 1.29 is 23.8 Å². The van der Waals surface area contributed by atoms with Crippen molar-refractivity contribution in [3.63, 3.8) is 0 Å². The Kier molecular flexibility index (Phi) is 8.52. The van der Waals surface area contributed by atoms with Crippen molar-refractivity contribution in [1.29, 1.82) is 0 Å². The molecule has 5 rings (SSSR count). The Morgan fingerprint density at radius 1 is 0.875 bits per heavy atom. The van der Waals surface area contributed by atoms with Crippen LogP contribution in [0.25, 0.3) is 0 Å². The van der Waals surface area contributed by atoms with Gasteiger partial charge in [0.2, 0.25) is 18.6 Å². The molecule has 1 aliphatic rings. The third-order valence-electron chi connectivity index (χ3n) is 6.68. The predicted octanol–water partition coefficient (Wildman–Crippen LogP) is 5.71. The van der Waals surface area contributed by atoms with E-state index < -0.39 is 6.04 Å². The Balaban J connectivity index is 1.44. The van der Waals surface area contributed by atoms with Crippen LogP contribution in [0.1, 0.15) is 28.3 Å². The molecule has 4 aromatic carbocycles. The second kappa shape index (κ2) is 12.6. The molecule has 1 heterocycles. The van der Waals surface area contributed by atoms with Gasteiger partial charge in [-0.3, -0.25) is 9.59 Å². The summed E-state index contributed by atoms with van der Waals surface area (Å²) in [6.07, 6.45) is 0.117. The molecule has 0 aromatic heterocycles. The zero-order chi connectivity index (χ0) is 27.9. The number of rotatable bonds is 10. The summed E-state index contributed by atoms with van der Waals surface area (Å²) in [5.74, 6) is 1.55. The van der Waals surface area contributed by atoms with Crippen molar-refractivity contribution in [2.75, 3.05) is 13.9 Å². The molecule has 0 unspecified atom stereocenters. The number of ether oxygens (including phenoxy) is 3. The summed E-state index contributed by atoms with van der Waals surface area (Å²) in [6, 6.07) is 28.7. The molecular weight excluding hydrogens is 528 g/mol. The minimum Gasteiger partial charge on any atom is -0.497 e. The zero-order valence-electron chi connectivity index (χ0n) is 22.0. The van der Waals surface area contributed by atoms with Gasteiger partial charge in [0, 0.05) is 18.1 Å². The fourth-order valence-electron chi connectivity index (χ4n) is 4.57. The summed E-state index contributed by atoms with van der Waals surface area (Å²) >= 11 is 6.06.